The largest absolute Gasteiger partial charge is 0.481 e. The molecule has 0 radical (unpaired) electrons. The van der Waals surface area contributed by atoms with E-state index in [-0.39, 0.29) is 25.4 Å². The molecule has 1 rings (SSSR count). The molecule has 0 saturated heterocycles. The second-order valence-corrected chi connectivity index (χ2v) is 5.20. The minimum atomic E-state index is -0.967. The molecule has 6 heteroatoms. The molecule has 0 aliphatic heterocycles. The molecule has 0 fully saturated rings. The highest BCUT2D eigenvalue weighted by molar-refractivity contribution is 7.07. The zero-order chi connectivity index (χ0) is 13.6. The average molecular weight is 271 g/mol. The third kappa shape index (κ3) is 4.85. The second-order valence-electron chi connectivity index (χ2n) is 4.42. The van der Waals surface area contributed by atoms with E-state index in [2.05, 4.69) is 5.32 Å². The van der Waals surface area contributed by atoms with Gasteiger partial charge >= 0.3 is 5.97 Å². The fraction of sp³-hybridized carbons (Fsp3) is 0.500. The summed E-state index contributed by atoms with van der Waals surface area (Å²) < 4.78 is 4.97. The number of nitrogens with one attached hydrogen (secondary N) is 1. The van der Waals surface area contributed by atoms with Gasteiger partial charge in [0.25, 0.3) is 0 Å². The Kier molecular flexibility index (Phi) is 5.30. The Bertz CT molecular complexity index is 404. The maximum Gasteiger partial charge on any atom is 0.305 e. The molecule has 0 spiro atoms. The predicted molar refractivity (Wildman–Crippen MR) is 68.7 cm³/mol. The van der Waals surface area contributed by atoms with Gasteiger partial charge in [-0.1, -0.05) is 0 Å². The first kappa shape index (κ1) is 14.7. The minimum Gasteiger partial charge on any atom is -0.481 e. The topological polar surface area (TPSA) is 75.6 Å². The van der Waals surface area contributed by atoms with Crippen LogP contribution in [0.2, 0.25) is 0 Å². The van der Waals surface area contributed by atoms with Crippen LogP contribution in [-0.2, 0) is 20.7 Å². The van der Waals surface area contributed by atoms with Crippen LogP contribution in [0.3, 0.4) is 0 Å². The van der Waals surface area contributed by atoms with Gasteiger partial charge in [-0.15, -0.1) is 0 Å². The SMILES string of the molecule is COCC(C)(CC(=O)O)NC(=O)Cc1ccsc1. The Morgan fingerprint density at radius 1 is 1.56 bits per heavy atom. The summed E-state index contributed by atoms with van der Waals surface area (Å²) in [5.41, 5.74) is 0.0424. The van der Waals surface area contributed by atoms with E-state index in [1.807, 2.05) is 16.8 Å². The van der Waals surface area contributed by atoms with Crippen molar-refractivity contribution in [2.45, 2.75) is 25.3 Å². The van der Waals surface area contributed by atoms with Crippen LogP contribution in [0.5, 0.6) is 0 Å². The minimum absolute atomic E-state index is 0.161. The van der Waals surface area contributed by atoms with Gasteiger partial charge in [0.1, 0.15) is 0 Å². The summed E-state index contributed by atoms with van der Waals surface area (Å²) in [5.74, 6) is -1.17. The average Bonchev–Trinajstić information content (AvgIpc) is 2.67. The molecule has 2 N–H and O–H groups in total. The summed E-state index contributed by atoms with van der Waals surface area (Å²) in [4.78, 5) is 22.6. The summed E-state index contributed by atoms with van der Waals surface area (Å²) in [6.07, 6.45) is 0.0820. The molecular formula is C12H17NO4S. The van der Waals surface area contributed by atoms with Crippen LogP contribution in [0, 0.1) is 0 Å². The van der Waals surface area contributed by atoms with Crippen LogP contribution < -0.4 is 5.32 Å². The van der Waals surface area contributed by atoms with Gasteiger partial charge in [0.2, 0.25) is 5.91 Å². The highest BCUT2D eigenvalue weighted by Gasteiger charge is 2.29. The molecule has 0 aromatic carbocycles. The Morgan fingerprint density at radius 3 is 2.78 bits per heavy atom. The first-order chi connectivity index (χ1) is 8.45. The van der Waals surface area contributed by atoms with Gasteiger partial charge in [-0.05, 0) is 29.3 Å². The number of methoxy groups -OCH3 is 1. The molecule has 0 bridgehead atoms. The third-order valence-electron chi connectivity index (χ3n) is 2.39. The maximum atomic E-state index is 11.8. The number of rotatable bonds is 7. The highest BCUT2D eigenvalue weighted by atomic mass is 32.1. The van der Waals surface area contributed by atoms with E-state index in [4.69, 9.17) is 9.84 Å². The molecule has 1 heterocycles. The van der Waals surface area contributed by atoms with E-state index in [0.29, 0.717) is 0 Å². The van der Waals surface area contributed by atoms with Crippen molar-refractivity contribution in [3.05, 3.63) is 22.4 Å². The van der Waals surface area contributed by atoms with E-state index in [1.54, 1.807) is 6.92 Å². The van der Waals surface area contributed by atoms with E-state index in [9.17, 15) is 9.59 Å². The van der Waals surface area contributed by atoms with Crippen LogP contribution in [0.4, 0.5) is 0 Å². The number of carbonyl (C=O) groups is 2. The lowest BCUT2D eigenvalue weighted by Gasteiger charge is -2.28. The van der Waals surface area contributed by atoms with E-state index in [1.165, 1.54) is 18.4 Å². The number of carbonyl (C=O) groups excluding carboxylic acids is 1. The smallest absolute Gasteiger partial charge is 0.305 e. The highest BCUT2D eigenvalue weighted by Crippen LogP contribution is 2.12. The normalized spacial score (nSPS) is 13.9. The van der Waals surface area contributed by atoms with Crippen LogP contribution in [0.1, 0.15) is 18.9 Å². The Morgan fingerprint density at radius 2 is 2.28 bits per heavy atom. The number of thiophene rings is 1. The number of carboxylic acids is 1. The summed E-state index contributed by atoms with van der Waals surface area (Å²) in [5, 5.41) is 15.4. The van der Waals surface area contributed by atoms with Crippen LogP contribution in [0.15, 0.2) is 16.8 Å². The Labute approximate surface area is 110 Å². The quantitative estimate of drug-likeness (QED) is 0.783. The molecule has 1 amide bonds. The zero-order valence-electron chi connectivity index (χ0n) is 10.4. The van der Waals surface area contributed by atoms with Crippen LogP contribution >= 0.6 is 11.3 Å². The third-order valence-corrected chi connectivity index (χ3v) is 3.12. The molecule has 1 aromatic heterocycles. The van der Waals surface area contributed by atoms with Crippen molar-refractivity contribution in [2.75, 3.05) is 13.7 Å². The molecule has 5 nitrogen and oxygen atoms in total. The van der Waals surface area contributed by atoms with Gasteiger partial charge in [-0.3, -0.25) is 9.59 Å². The molecule has 18 heavy (non-hydrogen) atoms. The predicted octanol–water partition coefficient (Wildman–Crippen LogP) is 1.29. The standard InChI is InChI=1S/C12H17NO4S/c1-12(8-17-2,6-11(15)16)13-10(14)5-9-3-4-18-7-9/h3-4,7H,5-6,8H2,1-2H3,(H,13,14)(H,15,16). The lowest BCUT2D eigenvalue weighted by atomic mass is 9.98. The van der Waals surface area contributed by atoms with Crippen molar-refractivity contribution in [2.24, 2.45) is 0 Å². The first-order valence-electron chi connectivity index (χ1n) is 5.48. The monoisotopic (exact) mass is 271 g/mol. The fourth-order valence-electron chi connectivity index (χ4n) is 1.74. The summed E-state index contributed by atoms with van der Waals surface area (Å²) in [7, 11) is 1.48. The van der Waals surface area contributed by atoms with Gasteiger partial charge in [-0.25, -0.2) is 0 Å². The van der Waals surface area contributed by atoms with Gasteiger partial charge < -0.3 is 15.2 Å². The number of aliphatic carboxylic acids is 1. The molecule has 0 aliphatic rings. The molecular weight excluding hydrogens is 254 g/mol. The lowest BCUT2D eigenvalue weighted by molar-refractivity contribution is -0.139. The van der Waals surface area contributed by atoms with Gasteiger partial charge in [0.15, 0.2) is 0 Å². The Hall–Kier alpha value is -1.40. The summed E-state index contributed by atoms with van der Waals surface area (Å²) in [6, 6.07) is 1.87. The zero-order valence-corrected chi connectivity index (χ0v) is 11.3. The Balaban J connectivity index is 2.59. The van der Waals surface area contributed by atoms with E-state index in [0.717, 1.165) is 5.56 Å². The lowest BCUT2D eigenvalue weighted by Crippen LogP contribution is -2.51. The van der Waals surface area contributed by atoms with E-state index >= 15 is 0 Å². The molecule has 0 saturated carbocycles. The van der Waals surface area contributed by atoms with Crippen molar-refractivity contribution in [3.8, 4) is 0 Å². The number of amides is 1. The maximum absolute atomic E-state index is 11.8. The van der Waals surface area contributed by atoms with Crippen LogP contribution in [0.25, 0.3) is 0 Å². The van der Waals surface area contributed by atoms with Crippen molar-refractivity contribution in [3.63, 3.8) is 0 Å². The fourth-order valence-corrected chi connectivity index (χ4v) is 2.41. The number of ether oxygens (including phenoxy) is 1. The molecule has 100 valence electrons. The van der Waals surface area contributed by atoms with Gasteiger partial charge in [0.05, 0.1) is 25.0 Å². The number of hydrogen-bond acceptors (Lipinski definition) is 4. The second kappa shape index (κ2) is 6.51. The molecule has 0 aliphatic carbocycles. The van der Waals surface area contributed by atoms with Crippen molar-refractivity contribution in [1.82, 2.24) is 5.32 Å². The van der Waals surface area contributed by atoms with Crippen molar-refractivity contribution >= 4 is 23.2 Å². The van der Waals surface area contributed by atoms with Crippen molar-refractivity contribution < 1.29 is 19.4 Å². The van der Waals surface area contributed by atoms with E-state index < -0.39 is 11.5 Å². The summed E-state index contributed by atoms with van der Waals surface area (Å²) >= 11 is 1.52. The van der Waals surface area contributed by atoms with Crippen molar-refractivity contribution in [1.29, 1.82) is 0 Å². The number of carboxylic acid groups (broad SMARTS) is 1. The summed E-state index contributed by atoms with van der Waals surface area (Å²) in [6.45, 7) is 1.82. The van der Waals surface area contributed by atoms with Crippen LogP contribution in [-0.4, -0.2) is 36.2 Å². The van der Waals surface area contributed by atoms with Gasteiger partial charge in [-0.2, -0.15) is 11.3 Å². The number of hydrogen-bond donors (Lipinski definition) is 2. The molecule has 1 unspecified atom stereocenters. The molecule has 1 atom stereocenters. The first-order valence-corrected chi connectivity index (χ1v) is 6.42. The van der Waals surface area contributed by atoms with Gasteiger partial charge in [0, 0.05) is 7.11 Å². The molecule has 1 aromatic rings.